The van der Waals surface area contributed by atoms with Crippen LogP contribution < -0.4 is 11.2 Å². The van der Waals surface area contributed by atoms with Gasteiger partial charge in [-0.1, -0.05) is 29.8 Å². The minimum Gasteiger partial charge on any atom is -0.333 e. The van der Waals surface area contributed by atoms with Crippen molar-refractivity contribution in [2.75, 3.05) is 0 Å². The highest BCUT2D eigenvalue weighted by atomic mass is 35.5. The predicted octanol–water partition coefficient (Wildman–Crippen LogP) is 1.78. The van der Waals surface area contributed by atoms with Gasteiger partial charge in [-0.3, -0.25) is 13.9 Å². The molecule has 0 radical (unpaired) electrons. The first kappa shape index (κ1) is 14.3. The molecule has 0 spiro atoms. The summed E-state index contributed by atoms with van der Waals surface area (Å²) in [5.74, 6) is 0.494. The van der Waals surface area contributed by atoms with Crippen molar-refractivity contribution in [2.24, 2.45) is 14.1 Å². The summed E-state index contributed by atoms with van der Waals surface area (Å²) in [7, 11) is 3.02. The molecule has 3 aromatic rings. The van der Waals surface area contributed by atoms with Crippen molar-refractivity contribution in [3.8, 4) is 0 Å². The molecule has 7 heteroatoms. The van der Waals surface area contributed by atoms with E-state index in [-0.39, 0.29) is 0 Å². The van der Waals surface area contributed by atoms with Gasteiger partial charge in [-0.05, 0) is 23.8 Å². The fraction of sp³-hybridized carbons (Fsp3) is 0.133. The summed E-state index contributed by atoms with van der Waals surface area (Å²) in [6.07, 6.45) is 3.56. The van der Waals surface area contributed by atoms with Gasteiger partial charge < -0.3 is 4.98 Å². The largest absolute Gasteiger partial charge is 0.333 e. The Morgan fingerprint density at radius 1 is 1.18 bits per heavy atom. The van der Waals surface area contributed by atoms with E-state index in [1.54, 1.807) is 19.2 Å². The number of nitrogens with zero attached hydrogens (tertiary/aromatic N) is 3. The maximum Gasteiger partial charge on any atom is 0.332 e. The van der Waals surface area contributed by atoms with Crippen LogP contribution in [0, 0.1) is 0 Å². The lowest BCUT2D eigenvalue weighted by atomic mass is 10.2. The molecule has 0 saturated heterocycles. The molecular weight excluding hydrogens is 304 g/mol. The first-order chi connectivity index (χ1) is 10.5. The smallest absolute Gasteiger partial charge is 0.332 e. The Labute approximate surface area is 130 Å². The topological polar surface area (TPSA) is 72.7 Å². The molecule has 0 unspecified atom stereocenters. The van der Waals surface area contributed by atoms with Gasteiger partial charge in [0.05, 0.1) is 0 Å². The molecule has 1 N–H and O–H groups in total. The molecule has 0 saturated carbocycles. The van der Waals surface area contributed by atoms with Crippen LogP contribution in [0.4, 0.5) is 0 Å². The monoisotopic (exact) mass is 316 g/mol. The number of halogens is 1. The fourth-order valence-electron chi connectivity index (χ4n) is 2.21. The van der Waals surface area contributed by atoms with E-state index in [0.717, 1.165) is 10.1 Å². The fourth-order valence-corrected chi connectivity index (χ4v) is 2.41. The number of aryl methyl sites for hydroxylation is 1. The van der Waals surface area contributed by atoms with Crippen LogP contribution in [0.1, 0.15) is 11.4 Å². The van der Waals surface area contributed by atoms with Gasteiger partial charge in [-0.15, -0.1) is 0 Å². The second-order valence-corrected chi connectivity index (χ2v) is 5.35. The zero-order chi connectivity index (χ0) is 15.9. The molecule has 2 heterocycles. The summed E-state index contributed by atoms with van der Waals surface area (Å²) in [5.41, 5.74) is 0.742. The van der Waals surface area contributed by atoms with Crippen LogP contribution in [0.5, 0.6) is 0 Å². The summed E-state index contributed by atoms with van der Waals surface area (Å²) in [5, 5.41) is 0.642. The lowest BCUT2D eigenvalue weighted by Crippen LogP contribution is -2.36. The summed E-state index contributed by atoms with van der Waals surface area (Å²) in [6.45, 7) is 0. The van der Waals surface area contributed by atoms with Gasteiger partial charge in [0.25, 0.3) is 5.56 Å². The van der Waals surface area contributed by atoms with E-state index in [0.29, 0.717) is 22.0 Å². The number of fused-ring (bicyclic) bond motifs is 1. The number of hydrogen-bond acceptors (Lipinski definition) is 3. The number of aromatic amines is 1. The zero-order valence-corrected chi connectivity index (χ0v) is 12.8. The van der Waals surface area contributed by atoms with Gasteiger partial charge in [-0.25, -0.2) is 9.78 Å². The van der Waals surface area contributed by atoms with Crippen molar-refractivity contribution < 1.29 is 0 Å². The molecule has 0 fully saturated rings. The van der Waals surface area contributed by atoms with Crippen LogP contribution in [0.2, 0.25) is 5.02 Å². The van der Waals surface area contributed by atoms with E-state index in [9.17, 15) is 9.59 Å². The lowest BCUT2D eigenvalue weighted by molar-refractivity contribution is 0.709. The van der Waals surface area contributed by atoms with E-state index >= 15 is 0 Å². The number of aromatic nitrogens is 4. The van der Waals surface area contributed by atoms with E-state index in [2.05, 4.69) is 9.97 Å². The Kier molecular flexibility index (Phi) is 3.46. The molecule has 112 valence electrons. The highest BCUT2D eigenvalue weighted by Gasteiger charge is 2.12. The van der Waals surface area contributed by atoms with E-state index < -0.39 is 11.2 Å². The molecule has 2 aromatic heterocycles. The Bertz CT molecular complexity index is 1010. The third-order valence-corrected chi connectivity index (χ3v) is 3.63. The van der Waals surface area contributed by atoms with Crippen molar-refractivity contribution in [3.05, 3.63) is 61.5 Å². The second-order valence-electron chi connectivity index (χ2n) is 4.91. The number of nitrogens with one attached hydrogen (secondary N) is 1. The average Bonchev–Trinajstić information content (AvgIpc) is 2.93. The molecule has 0 aliphatic heterocycles. The molecular formula is C15H13ClN4O2. The number of H-pyrrole nitrogens is 1. The van der Waals surface area contributed by atoms with Crippen LogP contribution in [0.15, 0.2) is 33.9 Å². The molecule has 0 amide bonds. The van der Waals surface area contributed by atoms with Crippen LogP contribution in [-0.2, 0) is 14.1 Å². The van der Waals surface area contributed by atoms with Crippen molar-refractivity contribution in [1.29, 1.82) is 0 Å². The van der Waals surface area contributed by atoms with Crippen LogP contribution >= 0.6 is 11.6 Å². The number of benzene rings is 1. The number of imidazole rings is 1. The Morgan fingerprint density at radius 2 is 1.95 bits per heavy atom. The molecule has 1 aromatic carbocycles. The zero-order valence-electron chi connectivity index (χ0n) is 12.0. The summed E-state index contributed by atoms with van der Waals surface area (Å²) >= 11 is 5.93. The second kappa shape index (κ2) is 5.31. The minimum atomic E-state index is -0.408. The minimum absolute atomic E-state index is 0.301. The summed E-state index contributed by atoms with van der Waals surface area (Å²) in [6, 6.07) is 7.36. The molecule has 0 aliphatic rings. The quantitative estimate of drug-likeness (QED) is 0.783. The summed E-state index contributed by atoms with van der Waals surface area (Å²) in [4.78, 5) is 31.2. The van der Waals surface area contributed by atoms with Crippen molar-refractivity contribution >= 4 is 34.9 Å². The van der Waals surface area contributed by atoms with E-state index in [4.69, 9.17) is 11.6 Å². The van der Waals surface area contributed by atoms with Crippen LogP contribution in [0.25, 0.3) is 23.3 Å². The van der Waals surface area contributed by atoms with Crippen molar-refractivity contribution in [1.82, 2.24) is 19.1 Å². The van der Waals surface area contributed by atoms with Crippen LogP contribution in [0.3, 0.4) is 0 Å². The number of hydrogen-bond donors (Lipinski definition) is 1. The van der Waals surface area contributed by atoms with E-state index in [1.807, 2.05) is 24.3 Å². The first-order valence-electron chi connectivity index (χ1n) is 6.57. The van der Waals surface area contributed by atoms with Gasteiger partial charge in [0.1, 0.15) is 11.3 Å². The third-order valence-electron chi connectivity index (χ3n) is 3.40. The normalized spacial score (nSPS) is 11.6. The predicted molar refractivity (Wildman–Crippen MR) is 87.0 cm³/mol. The van der Waals surface area contributed by atoms with Crippen molar-refractivity contribution in [3.63, 3.8) is 0 Å². The third kappa shape index (κ3) is 2.37. The average molecular weight is 317 g/mol. The summed E-state index contributed by atoms with van der Waals surface area (Å²) < 4.78 is 2.38. The van der Waals surface area contributed by atoms with Gasteiger partial charge in [0.15, 0.2) is 5.65 Å². The molecule has 0 aliphatic carbocycles. The molecule has 0 atom stereocenters. The SMILES string of the molecule is Cn1c(=O)c2[nH]c(C=Cc3cccc(Cl)c3)nc2n(C)c1=O. The lowest BCUT2D eigenvalue weighted by Gasteiger charge is -2.00. The highest BCUT2D eigenvalue weighted by molar-refractivity contribution is 6.30. The number of rotatable bonds is 2. The first-order valence-corrected chi connectivity index (χ1v) is 6.94. The van der Waals surface area contributed by atoms with Gasteiger partial charge in [-0.2, -0.15) is 0 Å². The molecule has 0 bridgehead atoms. The molecule has 3 rings (SSSR count). The highest BCUT2D eigenvalue weighted by Crippen LogP contribution is 2.13. The maximum atomic E-state index is 12.1. The Balaban J connectivity index is 2.10. The molecule has 6 nitrogen and oxygen atoms in total. The Hall–Kier alpha value is -2.60. The van der Waals surface area contributed by atoms with Gasteiger partial charge in [0, 0.05) is 19.1 Å². The standard InChI is InChI=1S/C15H13ClN4O2/c1-19-13-12(14(21)20(2)15(19)22)17-11(18-13)7-6-9-4-3-5-10(16)8-9/h3-8H,1-2H3,(H,17,18). The van der Waals surface area contributed by atoms with Gasteiger partial charge in [0.2, 0.25) is 0 Å². The van der Waals surface area contributed by atoms with Crippen molar-refractivity contribution in [2.45, 2.75) is 0 Å². The Morgan fingerprint density at radius 3 is 2.68 bits per heavy atom. The molecule has 22 heavy (non-hydrogen) atoms. The van der Waals surface area contributed by atoms with Crippen LogP contribution in [-0.4, -0.2) is 19.1 Å². The van der Waals surface area contributed by atoms with Gasteiger partial charge >= 0.3 is 5.69 Å². The maximum absolute atomic E-state index is 12.1. The van der Waals surface area contributed by atoms with E-state index in [1.165, 1.54) is 11.6 Å².